The largest absolute Gasteiger partial charge is 0.310 e. The van der Waals surface area contributed by atoms with E-state index < -0.39 is 10.8 Å². The molecule has 0 saturated heterocycles. The van der Waals surface area contributed by atoms with Crippen molar-refractivity contribution < 1.29 is 0 Å². The number of nitrogens with zero attached hydrogens (tertiary/aromatic N) is 2. The molecule has 0 radical (unpaired) electrons. The van der Waals surface area contributed by atoms with Crippen molar-refractivity contribution in [2.24, 2.45) is 0 Å². The zero-order valence-electron chi connectivity index (χ0n) is 48.5. The third-order valence-corrected chi connectivity index (χ3v) is 18.4. The van der Waals surface area contributed by atoms with Gasteiger partial charge in [0.15, 0.2) is 0 Å². The molecule has 414 valence electrons. The molecule has 0 saturated carbocycles. The summed E-state index contributed by atoms with van der Waals surface area (Å²) >= 11 is 0. The van der Waals surface area contributed by atoms with Crippen molar-refractivity contribution in [2.75, 3.05) is 9.80 Å². The molecule has 0 atom stereocenters. The van der Waals surface area contributed by atoms with E-state index in [9.17, 15) is 0 Å². The van der Waals surface area contributed by atoms with E-state index in [1.165, 1.54) is 77.9 Å². The Kier molecular flexibility index (Phi) is 13.0. The van der Waals surface area contributed by atoms with Crippen LogP contribution in [-0.2, 0) is 10.8 Å². The van der Waals surface area contributed by atoms with E-state index in [1.807, 2.05) is 0 Å². The van der Waals surface area contributed by atoms with E-state index in [2.05, 4.69) is 374 Å². The number of hydrogen-bond donors (Lipinski definition) is 0. The molecule has 88 heavy (non-hydrogen) atoms. The van der Waals surface area contributed by atoms with Crippen LogP contribution in [0.4, 0.5) is 34.1 Å². The van der Waals surface area contributed by atoms with Gasteiger partial charge in [0.05, 0.1) is 10.8 Å². The standard InChI is InChI=1S/C86H60N2/c1-8-26-61(27-9-1)64-56-65(62-44-48-73(49-45-62)87(71-36-18-6-19-37-71)75-52-54-83-79(59-75)77-40-22-24-42-81(77)85(83,67-28-10-2-11-29-67)68-30-12-3-13-31-68)58-66(57-64)63-46-50-74(51-47-63)88(72-38-20-7-21-39-72)76-53-55-84-80(60-76)78-41-23-25-43-82(78)86(84,69-32-14-4-15-33-69)70-34-16-5-17-35-70/h1-60H. The monoisotopic (exact) mass is 1120 g/mol. The molecule has 0 unspecified atom stereocenters. The molecule has 14 aromatic rings. The van der Waals surface area contributed by atoms with Gasteiger partial charge in [-0.2, -0.15) is 0 Å². The number of rotatable bonds is 13. The minimum atomic E-state index is -0.470. The van der Waals surface area contributed by atoms with Crippen LogP contribution in [-0.4, -0.2) is 0 Å². The first kappa shape index (κ1) is 52.3. The molecule has 14 aromatic carbocycles. The number of para-hydroxylation sites is 2. The first-order valence-corrected chi connectivity index (χ1v) is 30.5. The maximum absolute atomic E-state index is 2.41. The molecule has 0 aromatic heterocycles. The minimum absolute atomic E-state index is 0.470. The zero-order chi connectivity index (χ0) is 58.4. The highest BCUT2D eigenvalue weighted by atomic mass is 15.1. The highest BCUT2D eigenvalue weighted by Gasteiger charge is 2.47. The Hall–Kier alpha value is -11.3. The molecular weight excluding hydrogens is 1060 g/mol. The molecule has 0 spiro atoms. The fraction of sp³-hybridized carbons (Fsp3) is 0.0233. The second-order valence-corrected chi connectivity index (χ2v) is 23.1. The van der Waals surface area contributed by atoms with Crippen molar-refractivity contribution in [3.63, 3.8) is 0 Å². The quantitative estimate of drug-likeness (QED) is 0.114. The average molecular weight is 1120 g/mol. The molecule has 0 aliphatic heterocycles. The molecule has 0 heterocycles. The van der Waals surface area contributed by atoms with E-state index in [-0.39, 0.29) is 0 Å². The third-order valence-electron chi connectivity index (χ3n) is 18.4. The van der Waals surface area contributed by atoms with E-state index in [0.717, 1.165) is 56.4 Å². The Bertz CT molecular complexity index is 4430. The van der Waals surface area contributed by atoms with Crippen LogP contribution in [0.15, 0.2) is 364 Å². The van der Waals surface area contributed by atoms with Gasteiger partial charge < -0.3 is 9.80 Å². The van der Waals surface area contributed by atoms with Crippen LogP contribution in [0.3, 0.4) is 0 Å². The molecule has 2 aliphatic rings. The van der Waals surface area contributed by atoms with Crippen LogP contribution in [0.5, 0.6) is 0 Å². The zero-order valence-corrected chi connectivity index (χ0v) is 48.5. The van der Waals surface area contributed by atoms with E-state index in [1.54, 1.807) is 0 Å². The van der Waals surface area contributed by atoms with Crippen molar-refractivity contribution in [1.82, 2.24) is 0 Å². The fourth-order valence-corrected chi connectivity index (χ4v) is 14.6. The summed E-state index contributed by atoms with van der Waals surface area (Å²) in [5.74, 6) is 0. The number of hydrogen-bond acceptors (Lipinski definition) is 2. The Morgan fingerprint density at radius 2 is 0.409 bits per heavy atom. The van der Waals surface area contributed by atoms with Gasteiger partial charge in [-0.15, -0.1) is 0 Å². The van der Waals surface area contributed by atoms with Crippen molar-refractivity contribution in [2.45, 2.75) is 10.8 Å². The lowest BCUT2D eigenvalue weighted by Gasteiger charge is -2.34. The highest BCUT2D eigenvalue weighted by molar-refractivity contribution is 5.93. The van der Waals surface area contributed by atoms with E-state index in [4.69, 9.17) is 0 Å². The average Bonchev–Trinajstić information content (AvgIpc) is 1.55. The number of anilines is 6. The summed E-state index contributed by atoms with van der Waals surface area (Å²) in [5, 5.41) is 0. The third kappa shape index (κ3) is 8.64. The van der Waals surface area contributed by atoms with Gasteiger partial charge in [0.25, 0.3) is 0 Å². The van der Waals surface area contributed by atoms with Crippen LogP contribution < -0.4 is 9.80 Å². The van der Waals surface area contributed by atoms with Gasteiger partial charge in [-0.3, -0.25) is 0 Å². The van der Waals surface area contributed by atoms with Crippen LogP contribution in [0.2, 0.25) is 0 Å². The Balaban J connectivity index is 0.772. The van der Waals surface area contributed by atoms with Crippen molar-refractivity contribution in [3.05, 3.63) is 408 Å². The Morgan fingerprint density at radius 3 is 0.750 bits per heavy atom. The lowest BCUT2D eigenvalue weighted by atomic mass is 9.68. The normalized spacial score (nSPS) is 13.0. The summed E-state index contributed by atoms with van der Waals surface area (Å²) in [6, 6.07) is 134. The molecule has 2 nitrogen and oxygen atoms in total. The van der Waals surface area contributed by atoms with Crippen LogP contribution in [0.1, 0.15) is 44.5 Å². The summed E-state index contributed by atoms with van der Waals surface area (Å²) in [4.78, 5) is 4.79. The molecule has 0 bridgehead atoms. The summed E-state index contributed by atoms with van der Waals surface area (Å²) in [5.41, 5.74) is 27.7. The fourth-order valence-electron chi connectivity index (χ4n) is 14.6. The molecule has 16 rings (SSSR count). The predicted molar refractivity (Wildman–Crippen MR) is 367 cm³/mol. The summed E-state index contributed by atoms with van der Waals surface area (Å²) in [6.07, 6.45) is 0. The molecule has 2 heteroatoms. The predicted octanol–water partition coefficient (Wildman–Crippen LogP) is 22.4. The Morgan fingerprint density at radius 1 is 0.159 bits per heavy atom. The van der Waals surface area contributed by atoms with Crippen molar-refractivity contribution in [1.29, 1.82) is 0 Å². The van der Waals surface area contributed by atoms with E-state index >= 15 is 0 Å². The lowest BCUT2D eigenvalue weighted by molar-refractivity contribution is 0.768. The molecule has 2 aliphatic carbocycles. The first-order chi connectivity index (χ1) is 43.6. The van der Waals surface area contributed by atoms with Crippen molar-refractivity contribution in [3.8, 4) is 55.6 Å². The number of benzene rings is 14. The van der Waals surface area contributed by atoms with Crippen LogP contribution in [0.25, 0.3) is 55.6 Å². The smallest absolute Gasteiger partial charge is 0.0713 e. The van der Waals surface area contributed by atoms with Gasteiger partial charge in [0.2, 0.25) is 0 Å². The van der Waals surface area contributed by atoms with Gasteiger partial charge in [-0.05, 0) is 191 Å². The van der Waals surface area contributed by atoms with Gasteiger partial charge in [-0.1, -0.05) is 273 Å². The lowest BCUT2D eigenvalue weighted by Crippen LogP contribution is -2.28. The van der Waals surface area contributed by atoms with Crippen LogP contribution >= 0.6 is 0 Å². The second-order valence-electron chi connectivity index (χ2n) is 23.1. The highest BCUT2D eigenvalue weighted by Crippen LogP contribution is 2.59. The summed E-state index contributed by atoms with van der Waals surface area (Å²) < 4.78 is 0. The number of fused-ring (bicyclic) bond motifs is 6. The maximum Gasteiger partial charge on any atom is 0.0713 e. The topological polar surface area (TPSA) is 6.48 Å². The van der Waals surface area contributed by atoms with Crippen molar-refractivity contribution >= 4 is 34.1 Å². The summed E-state index contributed by atoms with van der Waals surface area (Å²) in [7, 11) is 0. The van der Waals surface area contributed by atoms with E-state index in [0.29, 0.717) is 0 Å². The maximum atomic E-state index is 2.41. The van der Waals surface area contributed by atoms with Gasteiger partial charge in [-0.25, -0.2) is 0 Å². The summed E-state index contributed by atoms with van der Waals surface area (Å²) in [6.45, 7) is 0. The first-order valence-electron chi connectivity index (χ1n) is 30.5. The molecule has 0 amide bonds. The van der Waals surface area contributed by atoms with Crippen LogP contribution in [0, 0.1) is 0 Å². The van der Waals surface area contributed by atoms with Gasteiger partial charge in [0, 0.05) is 34.1 Å². The molecular formula is C86H60N2. The van der Waals surface area contributed by atoms with Gasteiger partial charge in [0.1, 0.15) is 0 Å². The van der Waals surface area contributed by atoms with Gasteiger partial charge >= 0.3 is 0 Å². The minimum Gasteiger partial charge on any atom is -0.310 e. The molecule has 0 N–H and O–H groups in total. The SMILES string of the molecule is c1ccc(-c2cc(-c3ccc(N(c4ccccc4)c4ccc5c(c4)-c4ccccc4C5(c4ccccc4)c4ccccc4)cc3)cc(-c3ccc(N(c4ccccc4)c4ccc5c(c4)-c4ccccc4C5(c4ccccc4)c4ccccc4)cc3)c2)cc1. The molecule has 0 fully saturated rings. The second kappa shape index (κ2) is 21.9. The Labute approximate surface area is 515 Å².